The number of hydrogen-bond donors (Lipinski definition) is 0. The van der Waals surface area contributed by atoms with Crippen molar-refractivity contribution in [2.24, 2.45) is 4.40 Å². The van der Waals surface area contributed by atoms with Gasteiger partial charge in [0.2, 0.25) is 0 Å². The Hall–Kier alpha value is -3.06. The van der Waals surface area contributed by atoms with Gasteiger partial charge >= 0.3 is 0 Å². The van der Waals surface area contributed by atoms with Crippen molar-refractivity contribution in [3.05, 3.63) is 77.3 Å². The molecule has 0 saturated heterocycles. The van der Waals surface area contributed by atoms with E-state index in [1.165, 1.54) is 23.6 Å². The molecule has 0 radical (unpaired) electrons. The van der Waals surface area contributed by atoms with Crippen LogP contribution in [0.3, 0.4) is 0 Å². The molecule has 1 aromatic heterocycles. The highest BCUT2D eigenvalue weighted by molar-refractivity contribution is 7.90. The Balaban J connectivity index is 2.16. The Kier molecular flexibility index (Phi) is 4.80. The molecule has 0 atom stereocenters. The zero-order chi connectivity index (χ0) is 19.8. The Labute approximate surface area is 157 Å². The first-order valence-corrected chi connectivity index (χ1v) is 9.69. The third-order valence-electron chi connectivity index (χ3n) is 4.41. The van der Waals surface area contributed by atoms with Crippen LogP contribution < -0.4 is 9.67 Å². The summed E-state index contributed by atoms with van der Waals surface area (Å²) in [6.07, 6.45) is 3.12. The van der Waals surface area contributed by atoms with Gasteiger partial charge in [-0.05, 0) is 49.8 Å². The largest absolute Gasteiger partial charge is 0.868 e. The highest BCUT2D eigenvalue weighted by atomic mass is 32.2. The van der Waals surface area contributed by atoms with E-state index >= 15 is 0 Å². The summed E-state index contributed by atoms with van der Waals surface area (Å²) in [5.41, 5.74) is 1.08. The Morgan fingerprint density at radius 3 is 2.11 bits per heavy atom. The van der Waals surface area contributed by atoms with Crippen molar-refractivity contribution >= 4 is 27.2 Å². The number of pyridine rings is 1. The van der Waals surface area contributed by atoms with Crippen LogP contribution in [-0.2, 0) is 14.8 Å². The Bertz CT molecular complexity index is 1110. The van der Waals surface area contributed by atoms with Crippen LogP contribution in [0.15, 0.2) is 81.1 Å². The average molecular weight is 382 g/mol. The molecule has 6 nitrogen and oxygen atoms in total. The van der Waals surface area contributed by atoms with Crippen LogP contribution in [0, 0.1) is 6.92 Å². The first-order chi connectivity index (χ1) is 12.7. The number of hydrogen-bond acceptors (Lipinski definition) is 4. The molecule has 0 saturated carbocycles. The highest BCUT2D eigenvalue weighted by Crippen LogP contribution is 2.25. The predicted octanol–water partition coefficient (Wildman–Crippen LogP) is 1.56. The number of carbonyl (C=O) groups is 1. The van der Waals surface area contributed by atoms with E-state index in [1.807, 2.05) is 6.92 Å². The van der Waals surface area contributed by atoms with Gasteiger partial charge in [-0.25, -0.2) is 0 Å². The maximum absolute atomic E-state index is 12.9. The molecule has 7 heteroatoms. The SMILES string of the molecule is CC1=C(C)/C(=N/S(=O)(=O)c2ccc(C)cc2)C(=O)C([n+]2ccccc2)=C1[O-]. The van der Waals surface area contributed by atoms with Gasteiger partial charge in [0, 0.05) is 12.1 Å². The minimum absolute atomic E-state index is 0.00957. The summed E-state index contributed by atoms with van der Waals surface area (Å²) in [6, 6.07) is 11.3. The second-order valence-corrected chi connectivity index (χ2v) is 7.87. The van der Waals surface area contributed by atoms with Gasteiger partial charge < -0.3 is 5.11 Å². The number of aromatic nitrogens is 1. The van der Waals surface area contributed by atoms with Crippen LogP contribution in [0.2, 0.25) is 0 Å². The van der Waals surface area contributed by atoms with Gasteiger partial charge in [0.1, 0.15) is 5.71 Å². The van der Waals surface area contributed by atoms with Gasteiger partial charge in [0.15, 0.2) is 12.4 Å². The fourth-order valence-corrected chi connectivity index (χ4v) is 3.73. The molecule has 1 aliphatic carbocycles. The molecule has 0 bridgehead atoms. The van der Waals surface area contributed by atoms with Crippen molar-refractivity contribution < 1.29 is 22.9 Å². The minimum atomic E-state index is -4.09. The molecule has 2 aromatic rings. The van der Waals surface area contributed by atoms with E-state index in [-0.39, 0.29) is 21.9 Å². The third-order valence-corrected chi connectivity index (χ3v) is 5.70. The standard InChI is InChI=1S/C20H18N2O4S/c1-13-7-9-16(10-8-13)27(25,26)21-17-14(2)15(3)19(23)18(20(17)24)22-11-5-4-6-12-22/h4-12H,1-3H3/b21-17-. The second kappa shape index (κ2) is 6.92. The first kappa shape index (κ1) is 18.7. The molecule has 138 valence electrons. The van der Waals surface area contributed by atoms with Gasteiger partial charge in [-0.15, -0.1) is 0 Å². The molecule has 0 amide bonds. The molecule has 0 aliphatic heterocycles. The lowest BCUT2D eigenvalue weighted by atomic mass is 9.93. The molecule has 0 unspecified atom stereocenters. The number of allylic oxidation sites excluding steroid dienone is 3. The van der Waals surface area contributed by atoms with Crippen molar-refractivity contribution in [2.45, 2.75) is 25.7 Å². The molecule has 3 rings (SSSR count). The quantitative estimate of drug-likeness (QED) is 0.595. The fourth-order valence-electron chi connectivity index (χ4n) is 2.69. The predicted molar refractivity (Wildman–Crippen MR) is 99.0 cm³/mol. The summed E-state index contributed by atoms with van der Waals surface area (Å²) in [4.78, 5) is 12.9. The van der Waals surface area contributed by atoms with Crippen molar-refractivity contribution in [1.82, 2.24) is 0 Å². The molecule has 0 N–H and O–H groups in total. The van der Waals surface area contributed by atoms with Crippen LogP contribution in [0.1, 0.15) is 19.4 Å². The van der Waals surface area contributed by atoms with Crippen LogP contribution >= 0.6 is 0 Å². The molecule has 0 fully saturated rings. The van der Waals surface area contributed by atoms with Crippen LogP contribution in [0.25, 0.3) is 5.70 Å². The lowest BCUT2D eigenvalue weighted by molar-refractivity contribution is -0.581. The minimum Gasteiger partial charge on any atom is -0.868 e. The van der Waals surface area contributed by atoms with Gasteiger partial charge in [-0.1, -0.05) is 23.8 Å². The zero-order valence-electron chi connectivity index (χ0n) is 15.1. The summed E-state index contributed by atoms with van der Waals surface area (Å²) in [5.74, 6) is -1.16. The summed E-state index contributed by atoms with van der Waals surface area (Å²) in [6.45, 7) is 4.93. The zero-order valence-corrected chi connectivity index (χ0v) is 15.9. The van der Waals surface area contributed by atoms with Crippen LogP contribution in [0.5, 0.6) is 0 Å². The van der Waals surface area contributed by atoms with Crippen LogP contribution in [-0.4, -0.2) is 19.9 Å². The number of carbonyl (C=O) groups excluding carboxylic acids is 1. The van der Waals surface area contributed by atoms with E-state index in [0.717, 1.165) is 5.56 Å². The van der Waals surface area contributed by atoms with E-state index in [1.54, 1.807) is 49.6 Å². The van der Waals surface area contributed by atoms with E-state index in [9.17, 15) is 18.3 Å². The molecular formula is C20H18N2O4S. The van der Waals surface area contributed by atoms with Gasteiger partial charge in [-0.2, -0.15) is 17.4 Å². The highest BCUT2D eigenvalue weighted by Gasteiger charge is 2.34. The monoisotopic (exact) mass is 382 g/mol. The van der Waals surface area contributed by atoms with Gasteiger partial charge in [-0.3, -0.25) is 4.79 Å². The average Bonchev–Trinajstić information content (AvgIpc) is 2.65. The lowest BCUT2D eigenvalue weighted by Crippen LogP contribution is -2.43. The number of aryl methyl sites for hydroxylation is 1. The molecule has 0 spiro atoms. The molecular weight excluding hydrogens is 364 g/mol. The maximum atomic E-state index is 12.9. The Morgan fingerprint density at radius 1 is 0.926 bits per heavy atom. The normalized spacial score (nSPS) is 17.0. The summed E-state index contributed by atoms with van der Waals surface area (Å²) in [7, 11) is -4.09. The third kappa shape index (κ3) is 3.46. The van der Waals surface area contributed by atoms with E-state index < -0.39 is 21.6 Å². The van der Waals surface area contributed by atoms with E-state index in [2.05, 4.69) is 4.40 Å². The fraction of sp³-hybridized carbons (Fsp3) is 0.150. The van der Waals surface area contributed by atoms with Gasteiger partial charge in [0.25, 0.3) is 21.5 Å². The summed E-state index contributed by atoms with van der Waals surface area (Å²) in [5, 5.41) is 12.6. The van der Waals surface area contributed by atoms with Crippen LogP contribution in [0.4, 0.5) is 0 Å². The number of benzene rings is 1. The van der Waals surface area contributed by atoms with Gasteiger partial charge in [0.05, 0.1) is 4.90 Å². The number of sulfonamides is 1. The van der Waals surface area contributed by atoms with Crippen molar-refractivity contribution in [3.63, 3.8) is 0 Å². The lowest BCUT2D eigenvalue weighted by Gasteiger charge is -2.22. The Morgan fingerprint density at radius 2 is 1.52 bits per heavy atom. The molecule has 27 heavy (non-hydrogen) atoms. The second-order valence-electron chi connectivity index (χ2n) is 6.27. The molecule has 1 aromatic carbocycles. The van der Waals surface area contributed by atoms with Crippen molar-refractivity contribution in [1.29, 1.82) is 0 Å². The first-order valence-electron chi connectivity index (χ1n) is 8.25. The maximum Gasteiger partial charge on any atom is 0.282 e. The van der Waals surface area contributed by atoms with E-state index in [0.29, 0.717) is 5.57 Å². The summed E-state index contributed by atoms with van der Waals surface area (Å²) >= 11 is 0. The number of Topliss-reactive ketones (excluding diaryl/α,β-unsaturated/α-hetero) is 1. The van der Waals surface area contributed by atoms with Crippen molar-refractivity contribution in [3.8, 4) is 0 Å². The molecule has 1 aliphatic rings. The van der Waals surface area contributed by atoms with Crippen molar-refractivity contribution in [2.75, 3.05) is 0 Å². The number of nitrogens with zero attached hydrogens (tertiary/aromatic N) is 2. The molecule has 1 heterocycles. The topological polar surface area (TPSA) is 90.5 Å². The summed E-state index contributed by atoms with van der Waals surface area (Å²) < 4.78 is 30.5. The number of rotatable bonds is 3. The van der Waals surface area contributed by atoms with E-state index in [4.69, 9.17) is 0 Å². The smallest absolute Gasteiger partial charge is 0.282 e. The number of ketones is 1.